The summed E-state index contributed by atoms with van der Waals surface area (Å²) < 4.78 is 24.5. The van der Waals surface area contributed by atoms with Crippen LogP contribution in [-0.2, 0) is 35.7 Å². The molecule has 2 unspecified atom stereocenters. The summed E-state index contributed by atoms with van der Waals surface area (Å²) in [5.41, 5.74) is 4.96. The predicted octanol–water partition coefficient (Wildman–Crippen LogP) is 3.17. The molecule has 0 radical (unpaired) electrons. The van der Waals surface area contributed by atoms with Gasteiger partial charge in [0.1, 0.15) is 4.90 Å². The van der Waals surface area contributed by atoms with Gasteiger partial charge in [-0.1, -0.05) is 20.8 Å². The van der Waals surface area contributed by atoms with Crippen LogP contribution in [0.2, 0.25) is 0 Å². The highest BCUT2D eigenvalue weighted by Gasteiger charge is 2.33. The highest BCUT2D eigenvalue weighted by Crippen LogP contribution is 2.41. The SMILES string of the molecule is CC1CCc2c1nc1c(c2NC(=O)N=S(N)(=O)c2cnn3c2OCC(C)(C)C3)CCC1. The van der Waals surface area contributed by atoms with Crippen molar-refractivity contribution in [1.29, 1.82) is 0 Å². The van der Waals surface area contributed by atoms with E-state index in [0.29, 0.717) is 24.9 Å². The molecule has 2 atom stereocenters. The molecule has 0 bridgehead atoms. The molecule has 0 saturated heterocycles. The highest BCUT2D eigenvalue weighted by atomic mass is 32.2. The van der Waals surface area contributed by atoms with Crippen molar-refractivity contribution in [3.63, 3.8) is 0 Å². The molecular weight excluding hydrogens is 416 g/mol. The topological polar surface area (TPSA) is 124 Å². The van der Waals surface area contributed by atoms with Crippen molar-refractivity contribution >= 4 is 21.6 Å². The van der Waals surface area contributed by atoms with E-state index in [1.807, 2.05) is 0 Å². The minimum atomic E-state index is -3.51. The fourth-order valence-corrected chi connectivity index (χ4v) is 5.79. The first kappa shape index (κ1) is 20.4. The second-order valence-electron chi connectivity index (χ2n) is 9.58. The lowest BCUT2D eigenvalue weighted by Crippen LogP contribution is -2.33. The normalized spacial score (nSPS) is 22.6. The Labute approximate surface area is 182 Å². The number of hydrogen-bond acceptors (Lipinski definition) is 5. The van der Waals surface area contributed by atoms with Crippen molar-refractivity contribution in [2.24, 2.45) is 14.9 Å². The maximum atomic E-state index is 13.2. The van der Waals surface area contributed by atoms with E-state index in [1.165, 1.54) is 6.20 Å². The van der Waals surface area contributed by atoms with Gasteiger partial charge in [0.05, 0.1) is 25.0 Å². The lowest BCUT2D eigenvalue weighted by molar-refractivity contribution is 0.0972. The number of aromatic nitrogens is 3. The van der Waals surface area contributed by atoms with E-state index in [2.05, 4.69) is 35.5 Å². The molecule has 2 aromatic heterocycles. The zero-order valence-corrected chi connectivity index (χ0v) is 18.9. The van der Waals surface area contributed by atoms with Crippen molar-refractivity contribution in [2.45, 2.75) is 70.2 Å². The van der Waals surface area contributed by atoms with Gasteiger partial charge in [-0.2, -0.15) is 5.10 Å². The molecule has 0 saturated carbocycles. The van der Waals surface area contributed by atoms with Crippen molar-refractivity contribution in [3.05, 3.63) is 28.7 Å². The Kier molecular flexibility index (Phi) is 4.63. The number of ether oxygens (including phenoxy) is 1. The first-order valence-electron chi connectivity index (χ1n) is 10.7. The number of aryl methyl sites for hydroxylation is 1. The van der Waals surface area contributed by atoms with Crippen LogP contribution in [0, 0.1) is 5.41 Å². The van der Waals surface area contributed by atoms with Crippen molar-refractivity contribution < 1.29 is 13.7 Å². The number of nitrogens with zero attached hydrogens (tertiary/aromatic N) is 4. The van der Waals surface area contributed by atoms with Gasteiger partial charge in [-0.15, -0.1) is 4.36 Å². The number of amides is 2. The van der Waals surface area contributed by atoms with Crippen LogP contribution in [0.15, 0.2) is 15.5 Å². The molecule has 31 heavy (non-hydrogen) atoms. The number of rotatable bonds is 2. The van der Waals surface area contributed by atoms with Gasteiger partial charge >= 0.3 is 6.03 Å². The van der Waals surface area contributed by atoms with E-state index in [-0.39, 0.29) is 10.3 Å². The van der Waals surface area contributed by atoms with Gasteiger partial charge < -0.3 is 10.1 Å². The minimum Gasteiger partial charge on any atom is -0.476 e. The van der Waals surface area contributed by atoms with E-state index >= 15 is 0 Å². The van der Waals surface area contributed by atoms with Crippen LogP contribution in [0.5, 0.6) is 5.88 Å². The first-order valence-corrected chi connectivity index (χ1v) is 12.3. The molecule has 2 aliphatic carbocycles. The molecule has 0 aromatic carbocycles. The molecule has 5 rings (SSSR count). The second-order valence-corrected chi connectivity index (χ2v) is 11.3. The minimum absolute atomic E-state index is 0.0977. The van der Waals surface area contributed by atoms with Crippen LogP contribution in [0.25, 0.3) is 0 Å². The zero-order chi connectivity index (χ0) is 22.0. The molecule has 3 N–H and O–H groups in total. The van der Waals surface area contributed by atoms with Crippen LogP contribution >= 0.6 is 0 Å². The molecule has 2 amide bonds. The van der Waals surface area contributed by atoms with Gasteiger partial charge in [0.2, 0.25) is 5.88 Å². The molecule has 0 fully saturated rings. The number of pyridine rings is 1. The van der Waals surface area contributed by atoms with Crippen LogP contribution in [0.3, 0.4) is 0 Å². The molecule has 1 aliphatic heterocycles. The number of carbonyl (C=O) groups excluding carboxylic acids is 1. The van der Waals surface area contributed by atoms with Gasteiger partial charge in [0.25, 0.3) is 0 Å². The Hall–Kier alpha value is -2.46. The zero-order valence-electron chi connectivity index (χ0n) is 18.1. The Balaban J connectivity index is 1.47. The van der Waals surface area contributed by atoms with Gasteiger partial charge in [-0.3, -0.25) is 4.98 Å². The number of fused-ring (bicyclic) bond motifs is 3. The number of carbonyl (C=O) groups is 1. The van der Waals surface area contributed by atoms with Crippen molar-refractivity contribution in [1.82, 2.24) is 14.8 Å². The van der Waals surface area contributed by atoms with E-state index in [0.717, 1.165) is 60.3 Å². The molecule has 9 nitrogen and oxygen atoms in total. The second kappa shape index (κ2) is 7.03. The monoisotopic (exact) mass is 444 g/mol. The van der Waals surface area contributed by atoms with Crippen LogP contribution < -0.4 is 15.2 Å². The number of hydrogen-bond donors (Lipinski definition) is 2. The molecule has 0 spiro atoms. The number of anilines is 1. The third kappa shape index (κ3) is 3.51. The summed E-state index contributed by atoms with van der Waals surface area (Å²) in [5, 5.41) is 13.2. The van der Waals surface area contributed by atoms with E-state index in [4.69, 9.17) is 14.9 Å². The van der Waals surface area contributed by atoms with Gasteiger partial charge in [0.15, 0.2) is 9.92 Å². The molecule has 10 heteroatoms. The summed E-state index contributed by atoms with van der Waals surface area (Å²) in [6.45, 7) is 7.33. The van der Waals surface area contributed by atoms with E-state index < -0.39 is 15.9 Å². The molecule has 166 valence electrons. The average Bonchev–Trinajstić information content (AvgIpc) is 3.39. The summed E-state index contributed by atoms with van der Waals surface area (Å²) in [7, 11) is -3.51. The predicted molar refractivity (Wildman–Crippen MR) is 117 cm³/mol. The van der Waals surface area contributed by atoms with E-state index in [9.17, 15) is 9.00 Å². The Morgan fingerprint density at radius 3 is 2.97 bits per heavy atom. The van der Waals surface area contributed by atoms with Crippen LogP contribution in [0.1, 0.15) is 62.0 Å². The van der Waals surface area contributed by atoms with Crippen LogP contribution in [-0.4, -0.2) is 31.6 Å². The number of nitrogens with two attached hydrogens (primary N) is 1. The summed E-state index contributed by atoms with van der Waals surface area (Å²) in [4.78, 5) is 17.9. The van der Waals surface area contributed by atoms with Gasteiger partial charge in [-0.05, 0) is 49.1 Å². The molecule has 3 aliphatic rings. The third-order valence-electron chi connectivity index (χ3n) is 6.35. The molecule has 3 heterocycles. The van der Waals surface area contributed by atoms with Crippen molar-refractivity contribution in [2.75, 3.05) is 11.9 Å². The highest BCUT2D eigenvalue weighted by molar-refractivity contribution is 7.91. The third-order valence-corrected chi connectivity index (χ3v) is 7.70. The summed E-state index contributed by atoms with van der Waals surface area (Å²) >= 11 is 0. The Morgan fingerprint density at radius 2 is 2.16 bits per heavy atom. The number of nitrogens with one attached hydrogen (secondary N) is 1. The summed E-state index contributed by atoms with van der Waals surface area (Å²) in [5.74, 6) is 0.690. The van der Waals surface area contributed by atoms with E-state index in [1.54, 1.807) is 4.68 Å². The maximum absolute atomic E-state index is 13.2. The summed E-state index contributed by atoms with van der Waals surface area (Å²) in [6.07, 6.45) is 6.07. The number of urea groups is 1. The Morgan fingerprint density at radius 1 is 1.35 bits per heavy atom. The van der Waals surface area contributed by atoms with Gasteiger partial charge in [0, 0.05) is 16.8 Å². The fraction of sp³-hybridized carbons (Fsp3) is 0.571. The molecule has 2 aromatic rings. The summed E-state index contributed by atoms with van der Waals surface area (Å²) in [6, 6.07) is -0.717. The Bertz CT molecular complexity index is 1210. The molecular formula is C21H28N6O3S. The lowest BCUT2D eigenvalue weighted by Gasteiger charge is -2.30. The maximum Gasteiger partial charge on any atom is 0.354 e. The average molecular weight is 445 g/mol. The fourth-order valence-electron chi connectivity index (χ4n) is 4.79. The lowest BCUT2D eigenvalue weighted by atomic mass is 9.94. The largest absolute Gasteiger partial charge is 0.476 e. The van der Waals surface area contributed by atoms with Crippen LogP contribution in [0.4, 0.5) is 10.5 Å². The standard InChI is InChI=1S/C21H28N6O3S/c1-12-7-8-14-17(12)24-15-6-4-5-13(15)18(14)25-20(28)26-31(22,29)16-9-23-27-10-21(2,3)11-30-19(16)27/h9,12H,4-8,10-11H2,1-3H3,(H3,22,24,25,26,28,29). The van der Waals surface area contributed by atoms with Gasteiger partial charge in [-0.25, -0.2) is 18.8 Å². The van der Waals surface area contributed by atoms with Crippen molar-refractivity contribution in [3.8, 4) is 5.88 Å². The quantitative estimate of drug-likeness (QED) is 0.736. The first-order chi connectivity index (χ1) is 14.6. The smallest absolute Gasteiger partial charge is 0.354 e.